The van der Waals surface area contributed by atoms with E-state index in [2.05, 4.69) is 44.8 Å². The summed E-state index contributed by atoms with van der Waals surface area (Å²) in [6.07, 6.45) is 0. The fourth-order valence-corrected chi connectivity index (χ4v) is 3.73. The third-order valence-electron chi connectivity index (χ3n) is 4.78. The molecule has 8 heteroatoms. The molecule has 2 aromatic rings. The number of nitrogens with zero attached hydrogens (tertiary/aromatic N) is 2. The van der Waals surface area contributed by atoms with E-state index in [4.69, 9.17) is 27.9 Å². The molecule has 0 bridgehead atoms. The summed E-state index contributed by atoms with van der Waals surface area (Å²) in [4.78, 5) is 6.66. The van der Waals surface area contributed by atoms with E-state index in [9.17, 15) is 0 Å². The molecule has 0 radical (unpaired) electrons. The Bertz CT molecular complexity index is 811. The van der Waals surface area contributed by atoms with Gasteiger partial charge in [0.15, 0.2) is 5.96 Å². The van der Waals surface area contributed by atoms with Gasteiger partial charge in [-0.25, -0.2) is 0 Å². The van der Waals surface area contributed by atoms with E-state index >= 15 is 0 Å². The number of benzene rings is 2. The summed E-state index contributed by atoms with van der Waals surface area (Å²) in [5, 5.41) is 7.99. The first-order chi connectivity index (χ1) is 13.6. The second kappa shape index (κ2) is 11.8. The maximum Gasteiger partial charge on any atom is 0.191 e. The minimum Gasteiger partial charge on any atom is -0.378 e. The summed E-state index contributed by atoms with van der Waals surface area (Å²) >= 11 is 12.3. The van der Waals surface area contributed by atoms with E-state index in [-0.39, 0.29) is 30.0 Å². The molecule has 2 N–H and O–H groups in total. The molecule has 0 aliphatic carbocycles. The van der Waals surface area contributed by atoms with Gasteiger partial charge < -0.3 is 20.3 Å². The highest BCUT2D eigenvalue weighted by Gasteiger charge is 2.13. The van der Waals surface area contributed by atoms with Crippen LogP contribution in [0.5, 0.6) is 0 Å². The quantitative estimate of drug-likeness (QED) is 0.318. The van der Waals surface area contributed by atoms with Crippen molar-refractivity contribution in [3.8, 4) is 0 Å². The number of anilines is 1. The highest BCUT2D eigenvalue weighted by molar-refractivity contribution is 14.0. The van der Waals surface area contributed by atoms with Crippen LogP contribution in [-0.4, -0.2) is 39.3 Å². The molecule has 1 heterocycles. The van der Waals surface area contributed by atoms with Crippen molar-refractivity contribution in [2.45, 2.75) is 19.5 Å². The summed E-state index contributed by atoms with van der Waals surface area (Å²) in [6, 6.07) is 14.1. The van der Waals surface area contributed by atoms with Gasteiger partial charge >= 0.3 is 0 Å². The summed E-state index contributed by atoms with van der Waals surface area (Å²) in [5.41, 5.74) is 3.40. The second-order valence-electron chi connectivity index (χ2n) is 6.72. The minimum absolute atomic E-state index is 0. The zero-order valence-electron chi connectivity index (χ0n) is 16.6. The van der Waals surface area contributed by atoms with Crippen LogP contribution in [0.4, 0.5) is 5.69 Å². The Balaban J connectivity index is 0.00000300. The van der Waals surface area contributed by atoms with Gasteiger partial charge in [0.2, 0.25) is 0 Å². The van der Waals surface area contributed by atoms with Crippen LogP contribution in [0.1, 0.15) is 24.1 Å². The summed E-state index contributed by atoms with van der Waals surface area (Å²) in [6.45, 7) is 6.20. The zero-order valence-corrected chi connectivity index (χ0v) is 20.5. The topological polar surface area (TPSA) is 48.9 Å². The van der Waals surface area contributed by atoms with Gasteiger partial charge in [0, 0.05) is 42.4 Å². The fraction of sp³-hybridized carbons (Fsp3) is 0.381. The lowest BCUT2D eigenvalue weighted by Crippen LogP contribution is -2.38. The Morgan fingerprint density at radius 3 is 2.45 bits per heavy atom. The molecule has 1 aliphatic heterocycles. The smallest absolute Gasteiger partial charge is 0.191 e. The molecule has 3 rings (SSSR count). The van der Waals surface area contributed by atoms with Crippen molar-refractivity contribution in [2.75, 3.05) is 38.3 Å². The fourth-order valence-electron chi connectivity index (χ4n) is 3.16. The molecular formula is C21H27Cl2IN4O. The molecular weight excluding hydrogens is 522 g/mol. The third kappa shape index (κ3) is 6.91. The van der Waals surface area contributed by atoms with E-state index in [1.54, 1.807) is 13.1 Å². The SMILES string of the molecule is CN=C(NCc1ccc(N2CCOCC2)cc1)NC(C)c1ccc(Cl)cc1Cl.I. The standard InChI is InChI=1S/C21H26Cl2N4O.HI/c1-15(19-8-5-17(22)13-20(19)23)26-21(24-2)25-14-16-3-6-18(7-4-16)27-9-11-28-12-10-27;/h3-8,13,15H,9-12,14H2,1-2H3,(H2,24,25,26);1H. The number of aliphatic imine (C=N–C) groups is 1. The van der Waals surface area contributed by atoms with Crippen molar-refractivity contribution in [1.29, 1.82) is 0 Å². The molecule has 5 nitrogen and oxygen atoms in total. The third-order valence-corrected chi connectivity index (χ3v) is 5.34. The Morgan fingerprint density at radius 2 is 1.83 bits per heavy atom. The van der Waals surface area contributed by atoms with Crippen molar-refractivity contribution in [3.63, 3.8) is 0 Å². The van der Waals surface area contributed by atoms with Gasteiger partial charge in [-0.1, -0.05) is 41.4 Å². The van der Waals surface area contributed by atoms with Crippen LogP contribution >= 0.6 is 47.2 Å². The molecule has 29 heavy (non-hydrogen) atoms. The Hall–Kier alpha value is -1.22. The number of ether oxygens (including phenoxy) is 1. The lowest BCUT2D eigenvalue weighted by Gasteiger charge is -2.29. The van der Waals surface area contributed by atoms with Crippen molar-refractivity contribution >= 4 is 58.8 Å². The van der Waals surface area contributed by atoms with Crippen LogP contribution in [0, 0.1) is 0 Å². The van der Waals surface area contributed by atoms with E-state index in [0.717, 1.165) is 37.8 Å². The number of hydrogen-bond acceptors (Lipinski definition) is 3. The normalized spacial score (nSPS) is 15.4. The first kappa shape index (κ1) is 24.1. The number of nitrogens with one attached hydrogen (secondary N) is 2. The highest BCUT2D eigenvalue weighted by atomic mass is 127. The molecule has 1 aliphatic rings. The lowest BCUT2D eigenvalue weighted by molar-refractivity contribution is 0.122. The minimum atomic E-state index is -0.000312. The van der Waals surface area contributed by atoms with Crippen LogP contribution in [0.15, 0.2) is 47.5 Å². The molecule has 0 amide bonds. The summed E-state index contributed by atoms with van der Waals surface area (Å²) in [7, 11) is 1.76. The van der Waals surface area contributed by atoms with Gasteiger partial charge in [-0.2, -0.15) is 0 Å². The number of hydrogen-bond donors (Lipinski definition) is 2. The number of rotatable bonds is 5. The Labute approximate surface area is 199 Å². The second-order valence-corrected chi connectivity index (χ2v) is 7.57. The molecule has 1 unspecified atom stereocenters. The van der Waals surface area contributed by atoms with Crippen LogP contribution in [-0.2, 0) is 11.3 Å². The number of morpholine rings is 1. The highest BCUT2D eigenvalue weighted by Crippen LogP contribution is 2.26. The van der Waals surface area contributed by atoms with Crippen molar-refractivity contribution in [3.05, 3.63) is 63.6 Å². The maximum absolute atomic E-state index is 6.31. The predicted molar refractivity (Wildman–Crippen MR) is 133 cm³/mol. The molecule has 1 atom stereocenters. The van der Waals surface area contributed by atoms with Crippen LogP contribution < -0.4 is 15.5 Å². The molecule has 0 aromatic heterocycles. The van der Waals surface area contributed by atoms with Crippen molar-refractivity contribution in [1.82, 2.24) is 10.6 Å². The zero-order chi connectivity index (χ0) is 19.9. The molecule has 1 fully saturated rings. The van der Waals surface area contributed by atoms with Crippen molar-refractivity contribution < 1.29 is 4.74 Å². The molecule has 0 spiro atoms. The average molecular weight is 549 g/mol. The Kier molecular flexibility index (Phi) is 9.82. The summed E-state index contributed by atoms with van der Waals surface area (Å²) in [5.74, 6) is 0.718. The van der Waals surface area contributed by atoms with Gasteiger partial charge in [0.05, 0.1) is 19.3 Å². The van der Waals surface area contributed by atoms with E-state index in [1.807, 2.05) is 19.1 Å². The number of halogens is 3. The first-order valence-electron chi connectivity index (χ1n) is 9.40. The maximum atomic E-state index is 6.31. The monoisotopic (exact) mass is 548 g/mol. The van der Waals surface area contributed by atoms with Gasteiger partial charge in [-0.3, -0.25) is 4.99 Å². The van der Waals surface area contributed by atoms with Gasteiger partial charge in [0.1, 0.15) is 0 Å². The van der Waals surface area contributed by atoms with Crippen LogP contribution in [0.3, 0.4) is 0 Å². The Morgan fingerprint density at radius 1 is 1.14 bits per heavy atom. The van der Waals surface area contributed by atoms with Gasteiger partial charge in [0.25, 0.3) is 0 Å². The molecule has 2 aromatic carbocycles. The average Bonchev–Trinajstić information content (AvgIpc) is 2.72. The lowest BCUT2D eigenvalue weighted by atomic mass is 10.1. The first-order valence-corrected chi connectivity index (χ1v) is 10.2. The van der Waals surface area contributed by atoms with E-state index in [0.29, 0.717) is 16.6 Å². The molecule has 1 saturated heterocycles. The number of guanidine groups is 1. The predicted octanol–water partition coefficient (Wildman–Crippen LogP) is 4.87. The van der Waals surface area contributed by atoms with E-state index in [1.165, 1.54) is 11.3 Å². The molecule has 158 valence electrons. The van der Waals surface area contributed by atoms with Crippen molar-refractivity contribution in [2.24, 2.45) is 4.99 Å². The van der Waals surface area contributed by atoms with Gasteiger partial charge in [-0.05, 0) is 42.3 Å². The largest absolute Gasteiger partial charge is 0.378 e. The van der Waals surface area contributed by atoms with Crippen LogP contribution in [0.25, 0.3) is 0 Å². The van der Waals surface area contributed by atoms with E-state index < -0.39 is 0 Å². The van der Waals surface area contributed by atoms with Gasteiger partial charge in [-0.15, -0.1) is 24.0 Å². The molecule has 0 saturated carbocycles. The van der Waals surface area contributed by atoms with Crippen LogP contribution in [0.2, 0.25) is 10.0 Å². The summed E-state index contributed by atoms with van der Waals surface area (Å²) < 4.78 is 5.41.